The zero-order valence-electron chi connectivity index (χ0n) is 19.2. The van der Waals surface area contributed by atoms with Crippen LogP contribution in [0.2, 0.25) is 0 Å². The van der Waals surface area contributed by atoms with Crippen LogP contribution in [0, 0.1) is 0 Å². The standard InChI is InChI=1S/C26H21F6NO3/c1-35-21-12-16-8-9-33(23(15-6-4-3-5-7-15)20(16)14-22(21)36-2)24(34)17-10-18(25(27,28)29)13-19(11-17)26(30,31)32/h3-7,10-14,23H,8-9H2,1-2H3/t23-/m0/s1. The smallest absolute Gasteiger partial charge is 0.416 e. The van der Waals surface area contributed by atoms with E-state index in [1.165, 1.54) is 19.1 Å². The summed E-state index contributed by atoms with van der Waals surface area (Å²) in [6, 6.07) is 12.3. The maximum atomic E-state index is 13.6. The average molecular weight is 509 g/mol. The van der Waals surface area contributed by atoms with Crippen LogP contribution in [-0.2, 0) is 18.8 Å². The highest BCUT2D eigenvalue weighted by atomic mass is 19.4. The first kappa shape index (κ1) is 25.4. The van der Waals surface area contributed by atoms with Crippen LogP contribution in [0.15, 0.2) is 60.7 Å². The van der Waals surface area contributed by atoms with Crippen molar-refractivity contribution in [1.29, 1.82) is 0 Å². The molecule has 36 heavy (non-hydrogen) atoms. The largest absolute Gasteiger partial charge is 0.493 e. The number of hydrogen-bond donors (Lipinski definition) is 0. The van der Waals surface area contributed by atoms with Crippen LogP contribution >= 0.6 is 0 Å². The van der Waals surface area contributed by atoms with E-state index in [-0.39, 0.29) is 12.6 Å². The molecule has 0 aliphatic carbocycles. The molecule has 4 nitrogen and oxygen atoms in total. The minimum atomic E-state index is -5.06. The Morgan fingerprint density at radius 1 is 0.833 bits per heavy atom. The van der Waals surface area contributed by atoms with Gasteiger partial charge in [-0.25, -0.2) is 0 Å². The monoisotopic (exact) mass is 509 g/mol. The van der Waals surface area contributed by atoms with Gasteiger partial charge in [0.2, 0.25) is 0 Å². The molecule has 0 saturated heterocycles. The van der Waals surface area contributed by atoms with E-state index in [1.807, 2.05) is 0 Å². The van der Waals surface area contributed by atoms with E-state index in [9.17, 15) is 31.1 Å². The van der Waals surface area contributed by atoms with Crippen LogP contribution in [0.1, 0.15) is 44.2 Å². The van der Waals surface area contributed by atoms with E-state index in [4.69, 9.17) is 9.47 Å². The Morgan fingerprint density at radius 2 is 1.39 bits per heavy atom. The van der Waals surface area contributed by atoms with Crippen molar-refractivity contribution in [1.82, 2.24) is 4.90 Å². The number of fused-ring (bicyclic) bond motifs is 1. The van der Waals surface area contributed by atoms with E-state index in [1.54, 1.807) is 42.5 Å². The van der Waals surface area contributed by atoms with Gasteiger partial charge in [-0.3, -0.25) is 4.79 Å². The summed E-state index contributed by atoms with van der Waals surface area (Å²) in [6.07, 6.45) is -9.81. The third kappa shape index (κ3) is 4.84. The van der Waals surface area contributed by atoms with Crippen molar-refractivity contribution in [2.45, 2.75) is 24.8 Å². The summed E-state index contributed by atoms with van der Waals surface area (Å²) in [5.74, 6) is -0.0960. The number of alkyl halides is 6. The Morgan fingerprint density at radius 3 is 1.92 bits per heavy atom. The van der Waals surface area contributed by atoms with Gasteiger partial charge in [0.25, 0.3) is 5.91 Å². The summed E-state index contributed by atoms with van der Waals surface area (Å²) in [5, 5.41) is 0. The number of amides is 1. The highest BCUT2D eigenvalue weighted by Gasteiger charge is 2.39. The maximum absolute atomic E-state index is 13.6. The van der Waals surface area contributed by atoms with Crippen molar-refractivity contribution in [3.8, 4) is 11.5 Å². The SMILES string of the molecule is COc1cc2c(cc1OC)[C@H](c1ccccc1)N(C(=O)c1cc(C(F)(F)F)cc(C(F)(F)F)c1)CC2. The molecule has 1 amide bonds. The topological polar surface area (TPSA) is 38.8 Å². The van der Waals surface area contributed by atoms with Crippen molar-refractivity contribution in [3.63, 3.8) is 0 Å². The molecule has 0 fully saturated rings. The number of methoxy groups -OCH3 is 2. The maximum Gasteiger partial charge on any atom is 0.416 e. The third-order valence-electron chi connectivity index (χ3n) is 6.08. The molecule has 1 heterocycles. The van der Waals surface area contributed by atoms with Crippen molar-refractivity contribution >= 4 is 5.91 Å². The van der Waals surface area contributed by atoms with E-state index < -0.39 is 41.0 Å². The van der Waals surface area contributed by atoms with E-state index >= 15 is 0 Å². The molecule has 190 valence electrons. The van der Waals surface area contributed by atoms with Crippen LogP contribution in [0.3, 0.4) is 0 Å². The fourth-order valence-corrected chi connectivity index (χ4v) is 4.40. The van der Waals surface area contributed by atoms with Gasteiger partial charge >= 0.3 is 12.4 Å². The molecule has 0 N–H and O–H groups in total. The van der Waals surface area contributed by atoms with Crippen molar-refractivity contribution in [2.75, 3.05) is 20.8 Å². The summed E-state index contributed by atoms with van der Waals surface area (Å²) >= 11 is 0. The van der Waals surface area contributed by atoms with Crippen LogP contribution in [0.5, 0.6) is 11.5 Å². The second kappa shape index (κ2) is 9.40. The number of halogens is 6. The molecule has 4 rings (SSSR count). The summed E-state index contributed by atoms with van der Waals surface area (Å²) < 4.78 is 91.3. The van der Waals surface area contributed by atoms with Crippen LogP contribution in [0.4, 0.5) is 26.3 Å². The number of hydrogen-bond acceptors (Lipinski definition) is 3. The highest BCUT2D eigenvalue weighted by Crippen LogP contribution is 2.42. The van der Waals surface area contributed by atoms with Gasteiger partial charge in [0.15, 0.2) is 11.5 Å². The molecular weight excluding hydrogens is 488 g/mol. The van der Waals surface area contributed by atoms with Crippen LogP contribution < -0.4 is 9.47 Å². The molecule has 0 bridgehead atoms. The Hall–Kier alpha value is -3.69. The Balaban J connectivity index is 1.87. The van der Waals surface area contributed by atoms with Gasteiger partial charge in [0.05, 0.1) is 31.4 Å². The second-order valence-electron chi connectivity index (χ2n) is 8.26. The number of nitrogens with zero attached hydrogens (tertiary/aromatic N) is 1. The summed E-state index contributed by atoms with van der Waals surface area (Å²) in [6.45, 7) is 0.0679. The van der Waals surface area contributed by atoms with Gasteiger partial charge in [-0.2, -0.15) is 26.3 Å². The zero-order chi connectivity index (χ0) is 26.3. The first-order valence-corrected chi connectivity index (χ1v) is 10.8. The minimum Gasteiger partial charge on any atom is -0.493 e. The van der Waals surface area contributed by atoms with E-state index in [2.05, 4.69) is 0 Å². The molecule has 1 aliphatic heterocycles. The lowest BCUT2D eigenvalue weighted by atomic mass is 9.87. The first-order chi connectivity index (χ1) is 16.9. The van der Waals surface area contributed by atoms with Crippen molar-refractivity contribution in [3.05, 3.63) is 94.0 Å². The van der Waals surface area contributed by atoms with Crippen molar-refractivity contribution in [2.24, 2.45) is 0 Å². The summed E-state index contributed by atoms with van der Waals surface area (Å²) in [5.41, 5.74) is -1.67. The van der Waals surface area contributed by atoms with Crippen LogP contribution in [0.25, 0.3) is 0 Å². The number of carbonyl (C=O) groups excluding carboxylic acids is 1. The fraction of sp³-hybridized carbons (Fsp3) is 0.269. The fourth-order valence-electron chi connectivity index (χ4n) is 4.40. The third-order valence-corrected chi connectivity index (χ3v) is 6.08. The second-order valence-corrected chi connectivity index (χ2v) is 8.26. The number of ether oxygens (including phenoxy) is 2. The predicted octanol–water partition coefficient (Wildman–Crippen LogP) is 6.53. The molecule has 1 aliphatic rings. The van der Waals surface area contributed by atoms with E-state index in [0.29, 0.717) is 41.2 Å². The van der Waals surface area contributed by atoms with Gasteiger partial charge < -0.3 is 14.4 Å². The van der Waals surface area contributed by atoms with Gasteiger partial charge in [-0.1, -0.05) is 30.3 Å². The molecule has 0 aromatic heterocycles. The number of benzene rings is 3. The lowest BCUT2D eigenvalue weighted by molar-refractivity contribution is -0.143. The summed E-state index contributed by atoms with van der Waals surface area (Å²) in [4.78, 5) is 14.9. The number of rotatable bonds is 4. The number of carbonyl (C=O) groups is 1. The highest BCUT2D eigenvalue weighted by molar-refractivity contribution is 5.95. The minimum absolute atomic E-state index is 0.00804. The molecular formula is C26H21F6NO3. The molecule has 0 spiro atoms. The lowest BCUT2D eigenvalue weighted by Crippen LogP contribution is -2.40. The van der Waals surface area contributed by atoms with Gasteiger partial charge in [0.1, 0.15) is 0 Å². The van der Waals surface area contributed by atoms with E-state index in [0.717, 1.165) is 5.56 Å². The lowest BCUT2D eigenvalue weighted by Gasteiger charge is -2.38. The zero-order valence-corrected chi connectivity index (χ0v) is 19.2. The van der Waals surface area contributed by atoms with Crippen molar-refractivity contribution < 1.29 is 40.6 Å². The average Bonchev–Trinajstić information content (AvgIpc) is 2.85. The van der Waals surface area contributed by atoms with Gasteiger partial charge in [-0.15, -0.1) is 0 Å². The Bertz CT molecular complexity index is 1240. The first-order valence-electron chi connectivity index (χ1n) is 10.8. The Kier molecular flexibility index (Phi) is 6.64. The molecule has 0 saturated carbocycles. The van der Waals surface area contributed by atoms with Gasteiger partial charge in [-0.05, 0) is 53.4 Å². The molecule has 0 radical (unpaired) electrons. The van der Waals surface area contributed by atoms with Gasteiger partial charge in [0, 0.05) is 12.1 Å². The van der Waals surface area contributed by atoms with Crippen LogP contribution in [-0.4, -0.2) is 31.6 Å². The molecule has 0 unspecified atom stereocenters. The quantitative estimate of drug-likeness (QED) is 0.376. The summed E-state index contributed by atoms with van der Waals surface area (Å²) in [7, 11) is 2.91. The predicted molar refractivity (Wildman–Crippen MR) is 119 cm³/mol. The Labute approximate surface area is 203 Å². The normalized spacial score (nSPS) is 15.9. The molecule has 1 atom stereocenters. The molecule has 3 aromatic rings. The molecule has 3 aromatic carbocycles. The molecule has 10 heteroatoms.